The molecule has 3 aromatic rings. The molecule has 86 valence electrons. The molecule has 0 unspecified atom stereocenters. The molecule has 2 heterocycles. The molecule has 4 nitrogen and oxygen atoms in total. The van der Waals surface area contributed by atoms with Gasteiger partial charge in [0.1, 0.15) is 5.76 Å². The van der Waals surface area contributed by atoms with E-state index in [-0.39, 0.29) is 5.69 Å². The summed E-state index contributed by atoms with van der Waals surface area (Å²) in [5, 5.41) is 0. The number of hydrogen-bond acceptors (Lipinski definition) is 2. The largest absolute Gasteiger partial charge is 0.467 e. The Morgan fingerprint density at radius 3 is 3.00 bits per heavy atom. The summed E-state index contributed by atoms with van der Waals surface area (Å²) < 4.78 is 7.85. The number of H-pyrrole nitrogens is 1. The Morgan fingerprint density at radius 1 is 1.35 bits per heavy atom. The highest BCUT2D eigenvalue weighted by Gasteiger charge is 2.08. The van der Waals surface area contributed by atoms with Crippen LogP contribution < -0.4 is 5.69 Å². The van der Waals surface area contributed by atoms with Crippen LogP contribution >= 0.6 is 15.9 Å². The highest BCUT2D eigenvalue weighted by Crippen LogP contribution is 2.18. The molecule has 0 aliphatic rings. The number of aromatic nitrogens is 2. The molecule has 0 saturated heterocycles. The van der Waals surface area contributed by atoms with Crippen molar-refractivity contribution in [3.05, 3.63) is 57.3 Å². The van der Waals surface area contributed by atoms with Crippen molar-refractivity contribution in [2.45, 2.75) is 6.54 Å². The Balaban J connectivity index is 2.17. The Morgan fingerprint density at radius 2 is 2.24 bits per heavy atom. The van der Waals surface area contributed by atoms with Crippen LogP contribution in [0.25, 0.3) is 11.0 Å². The number of rotatable bonds is 2. The second kappa shape index (κ2) is 3.92. The molecule has 0 aliphatic heterocycles. The van der Waals surface area contributed by atoms with Gasteiger partial charge in [0.2, 0.25) is 0 Å². The van der Waals surface area contributed by atoms with Gasteiger partial charge in [-0.05, 0) is 30.3 Å². The number of halogens is 1. The maximum atomic E-state index is 11.8. The van der Waals surface area contributed by atoms with Crippen LogP contribution in [0.5, 0.6) is 0 Å². The number of furan rings is 1. The first kappa shape index (κ1) is 10.4. The lowest BCUT2D eigenvalue weighted by atomic mass is 10.3. The SMILES string of the molecule is O=c1[nH]c2ccc(Br)cc2n1Cc1ccco1. The molecule has 0 saturated carbocycles. The molecule has 0 aliphatic carbocycles. The topological polar surface area (TPSA) is 50.9 Å². The maximum Gasteiger partial charge on any atom is 0.326 e. The molecule has 1 aromatic carbocycles. The Bertz CT molecular complexity index is 710. The summed E-state index contributed by atoms with van der Waals surface area (Å²) in [7, 11) is 0. The van der Waals surface area contributed by atoms with Gasteiger partial charge < -0.3 is 9.40 Å². The van der Waals surface area contributed by atoms with Crippen molar-refractivity contribution >= 4 is 27.0 Å². The third-order valence-electron chi connectivity index (χ3n) is 2.63. The van der Waals surface area contributed by atoms with Gasteiger partial charge in [-0.2, -0.15) is 0 Å². The summed E-state index contributed by atoms with van der Waals surface area (Å²) in [6.45, 7) is 0.433. The van der Waals surface area contributed by atoms with Crippen molar-refractivity contribution in [2.75, 3.05) is 0 Å². The number of aromatic amines is 1. The van der Waals surface area contributed by atoms with E-state index in [1.165, 1.54) is 0 Å². The van der Waals surface area contributed by atoms with Crippen LogP contribution in [0.1, 0.15) is 5.76 Å². The predicted octanol–water partition coefficient (Wildman–Crippen LogP) is 2.73. The van der Waals surface area contributed by atoms with Gasteiger partial charge >= 0.3 is 5.69 Å². The highest BCUT2D eigenvalue weighted by molar-refractivity contribution is 9.10. The molecule has 0 spiro atoms. The smallest absolute Gasteiger partial charge is 0.326 e. The quantitative estimate of drug-likeness (QED) is 0.790. The summed E-state index contributed by atoms with van der Waals surface area (Å²) in [4.78, 5) is 14.6. The minimum Gasteiger partial charge on any atom is -0.467 e. The molecule has 0 amide bonds. The van der Waals surface area contributed by atoms with E-state index in [0.29, 0.717) is 6.54 Å². The van der Waals surface area contributed by atoms with Crippen molar-refractivity contribution in [1.82, 2.24) is 9.55 Å². The lowest BCUT2D eigenvalue weighted by Gasteiger charge is -2.00. The van der Waals surface area contributed by atoms with E-state index in [1.54, 1.807) is 10.8 Å². The molecule has 0 bridgehead atoms. The van der Waals surface area contributed by atoms with Crippen LogP contribution in [-0.2, 0) is 6.54 Å². The van der Waals surface area contributed by atoms with Crippen molar-refractivity contribution in [3.63, 3.8) is 0 Å². The van der Waals surface area contributed by atoms with E-state index < -0.39 is 0 Å². The predicted molar refractivity (Wildman–Crippen MR) is 68.1 cm³/mol. The van der Waals surface area contributed by atoms with Crippen LogP contribution in [-0.4, -0.2) is 9.55 Å². The summed E-state index contributed by atoms with van der Waals surface area (Å²) in [6.07, 6.45) is 1.60. The first-order chi connectivity index (χ1) is 8.24. The standard InChI is InChI=1S/C12H9BrN2O2/c13-8-3-4-10-11(6-8)15(12(16)14-10)7-9-2-1-5-17-9/h1-6H,7H2,(H,14,16). The summed E-state index contributed by atoms with van der Waals surface area (Å²) in [5.74, 6) is 0.757. The van der Waals surface area contributed by atoms with E-state index >= 15 is 0 Å². The number of nitrogens with one attached hydrogen (secondary N) is 1. The van der Waals surface area contributed by atoms with Crippen LogP contribution in [0.2, 0.25) is 0 Å². The van der Waals surface area contributed by atoms with Crippen LogP contribution in [0, 0.1) is 0 Å². The Hall–Kier alpha value is -1.75. The van der Waals surface area contributed by atoms with Gasteiger partial charge in [0.25, 0.3) is 0 Å². The van der Waals surface area contributed by atoms with E-state index in [4.69, 9.17) is 4.42 Å². The zero-order valence-electron chi connectivity index (χ0n) is 8.81. The number of nitrogens with zero attached hydrogens (tertiary/aromatic N) is 1. The second-order valence-electron chi connectivity index (χ2n) is 3.76. The fourth-order valence-corrected chi connectivity index (χ4v) is 2.19. The van der Waals surface area contributed by atoms with Crippen LogP contribution in [0.4, 0.5) is 0 Å². The minimum absolute atomic E-state index is 0.130. The number of imidazole rings is 1. The van der Waals surface area contributed by atoms with E-state index in [1.807, 2.05) is 30.3 Å². The molecule has 0 fully saturated rings. The Kier molecular flexibility index (Phi) is 2.40. The molecule has 1 N–H and O–H groups in total. The second-order valence-corrected chi connectivity index (χ2v) is 4.67. The van der Waals surface area contributed by atoms with E-state index in [9.17, 15) is 4.79 Å². The lowest BCUT2D eigenvalue weighted by molar-refractivity contribution is 0.493. The Labute approximate surface area is 105 Å². The van der Waals surface area contributed by atoms with Gasteiger partial charge in [0.05, 0.1) is 23.8 Å². The third kappa shape index (κ3) is 1.82. The normalized spacial score (nSPS) is 11.1. The first-order valence-corrected chi connectivity index (χ1v) is 5.94. The molecule has 0 atom stereocenters. The molecule has 2 aromatic heterocycles. The first-order valence-electron chi connectivity index (χ1n) is 5.14. The van der Waals surface area contributed by atoms with Gasteiger partial charge in [-0.15, -0.1) is 0 Å². The van der Waals surface area contributed by atoms with Gasteiger partial charge in [0, 0.05) is 4.47 Å². The third-order valence-corrected chi connectivity index (χ3v) is 3.12. The summed E-state index contributed by atoms with van der Waals surface area (Å²) in [5.41, 5.74) is 1.56. The summed E-state index contributed by atoms with van der Waals surface area (Å²) in [6, 6.07) is 9.35. The molecule has 0 radical (unpaired) electrons. The number of fused-ring (bicyclic) bond motifs is 1. The highest BCUT2D eigenvalue weighted by atomic mass is 79.9. The van der Waals surface area contributed by atoms with Crippen molar-refractivity contribution in [3.8, 4) is 0 Å². The maximum absolute atomic E-state index is 11.8. The van der Waals surface area contributed by atoms with Crippen molar-refractivity contribution < 1.29 is 4.42 Å². The molecular weight excluding hydrogens is 284 g/mol. The van der Waals surface area contributed by atoms with E-state index in [0.717, 1.165) is 21.3 Å². The average Bonchev–Trinajstić information content (AvgIpc) is 2.90. The fourth-order valence-electron chi connectivity index (χ4n) is 1.84. The van der Waals surface area contributed by atoms with E-state index in [2.05, 4.69) is 20.9 Å². The van der Waals surface area contributed by atoms with Gasteiger partial charge in [0.15, 0.2) is 0 Å². The average molecular weight is 293 g/mol. The zero-order valence-corrected chi connectivity index (χ0v) is 10.4. The van der Waals surface area contributed by atoms with Gasteiger partial charge in [-0.1, -0.05) is 15.9 Å². The molecule has 5 heteroatoms. The number of benzene rings is 1. The lowest BCUT2D eigenvalue weighted by Crippen LogP contribution is -2.16. The minimum atomic E-state index is -0.130. The molecular formula is C12H9BrN2O2. The van der Waals surface area contributed by atoms with Crippen molar-refractivity contribution in [2.24, 2.45) is 0 Å². The van der Waals surface area contributed by atoms with Crippen LogP contribution in [0.3, 0.4) is 0 Å². The van der Waals surface area contributed by atoms with Crippen LogP contribution in [0.15, 0.2) is 50.3 Å². The fraction of sp³-hybridized carbons (Fsp3) is 0.0833. The monoisotopic (exact) mass is 292 g/mol. The van der Waals surface area contributed by atoms with Gasteiger partial charge in [-0.25, -0.2) is 4.79 Å². The summed E-state index contributed by atoms with van der Waals surface area (Å²) >= 11 is 3.40. The molecule has 17 heavy (non-hydrogen) atoms. The van der Waals surface area contributed by atoms with Gasteiger partial charge in [-0.3, -0.25) is 4.57 Å². The number of hydrogen-bond donors (Lipinski definition) is 1. The zero-order chi connectivity index (χ0) is 11.8. The van der Waals surface area contributed by atoms with Crippen molar-refractivity contribution in [1.29, 1.82) is 0 Å². The molecule has 3 rings (SSSR count).